The normalized spacial score (nSPS) is 11.7. The average molecular weight is 292 g/mol. The lowest BCUT2D eigenvalue weighted by Gasteiger charge is -2.10. The molecule has 0 aromatic heterocycles. The lowest BCUT2D eigenvalue weighted by atomic mass is 10.2. The summed E-state index contributed by atoms with van der Waals surface area (Å²) in [5.41, 5.74) is 5.52. The number of hydrogen-bond donors (Lipinski definition) is 2. The van der Waals surface area contributed by atoms with E-state index in [1.54, 1.807) is 24.3 Å². The predicted molar refractivity (Wildman–Crippen MR) is 75.3 cm³/mol. The van der Waals surface area contributed by atoms with Crippen molar-refractivity contribution in [1.29, 1.82) is 0 Å². The van der Waals surface area contributed by atoms with Crippen molar-refractivity contribution >= 4 is 24.0 Å². The highest BCUT2D eigenvalue weighted by Gasteiger charge is 2.17. The summed E-state index contributed by atoms with van der Waals surface area (Å²) in [6.07, 6.45) is 1.56. The Labute approximate surface area is 121 Å². The van der Waals surface area contributed by atoms with Crippen LogP contribution in [0.5, 0.6) is 5.75 Å². The molecule has 0 saturated carbocycles. The van der Waals surface area contributed by atoms with Crippen molar-refractivity contribution in [3.05, 3.63) is 35.9 Å². The summed E-state index contributed by atoms with van der Waals surface area (Å²) < 4.78 is 9.86. The fourth-order valence-electron chi connectivity index (χ4n) is 1.40. The van der Waals surface area contributed by atoms with Gasteiger partial charge in [-0.05, 0) is 30.7 Å². The van der Waals surface area contributed by atoms with Gasteiger partial charge in [0.15, 0.2) is 6.10 Å². The van der Waals surface area contributed by atoms with Gasteiger partial charge in [0.1, 0.15) is 5.75 Å². The van der Waals surface area contributed by atoms with Crippen molar-refractivity contribution in [3.8, 4) is 5.75 Å². The number of nitrogens with one attached hydrogen (secondary N) is 1. The van der Waals surface area contributed by atoms with Crippen LogP contribution in [0, 0.1) is 0 Å². The third kappa shape index (κ3) is 5.77. The summed E-state index contributed by atoms with van der Waals surface area (Å²) in [7, 11) is 1.54. The molecule has 21 heavy (non-hydrogen) atoms. The van der Waals surface area contributed by atoms with Gasteiger partial charge in [0, 0.05) is 6.08 Å². The highest BCUT2D eigenvalue weighted by Crippen LogP contribution is 2.13. The molecule has 3 amide bonds. The van der Waals surface area contributed by atoms with Gasteiger partial charge in [0.05, 0.1) is 7.11 Å². The third-order valence-corrected chi connectivity index (χ3v) is 2.41. The second-order valence-corrected chi connectivity index (χ2v) is 4.04. The molecule has 0 aliphatic rings. The largest absolute Gasteiger partial charge is 0.497 e. The van der Waals surface area contributed by atoms with E-state index in [9.17, 15) is 14.4 Å². The number of ether oxygens (including phenoxy) is 2. The van der Waals surface area contributed by atoms with Crippen LogP contribution in [0.1, 0.15) is 12.5 Å². The second kappa shape index (κ2) is 7.68. The summed E-state index contributed by atoms with van der Waals surface area (Å²) in [5, 5.41) is 1.82. The Morgan fingerprint density at radius 3 is 2.67 bits per heavy atom. The Morgan fingerprint density at radius 2 is 2.05 bits per heavy atom. The minimum Gasteiger partial charge on any atom is -0.497 e. The van der Waals surface area contributed by atoms with Crippen molar-refractivity contribution in [3.63, 3.8) is 0 Å². The number of carbonyl (C=O) groups is 3. The SMILES string of the molecule is COc1cccc(/C=C/C(=O)O[C@@H](C)C(=O)NC(N)=O)c1. The number of esters is 1. The lowest BCUT2D eigenvalue weighted by Crippen LogP contribution is -2.42. The monoisotopic (exact) mass is 292 g/mol. The predicted octanol–water partition coefficient (Wildman–Crippen LogP) is 0.835. The number of carbonyl (C=O) groups excluding carboxylic acids is 3. The summed E-state index contributed by atoms with van der Waals surface area (Å²) in [4.78, 5) is 33.3. The smallest absolute Gasteiger partial charge is 0.331 e. The molecule has 0 aliphatic carbocycles. The molecule has 0 aliphatic heterocycles. The number of hydrogen-bond acceptors (Lipinski definition) is 5. The maximum atomic E-state index is 11.5. The molecule has 7 heteroatoms. The molecule has 0 unspecified atom stereocenters. The van der Waals surface area contributed by atoms with Crippen molar-refractivity contribution in [1.82, 2.24) is 5.32 Å². The molecule has 0 heterocycles. The number of primary amides is 1. The zero-order chi connectivity index (χ0) is 15.8. The molecule has 1 aromatic rings. The minimum absolute atomic E-state index is 0.653. The van der Waals surface area contributed by atoms with Crippen LogP contribution >= 0.6 is 0 Å². The van der Waals surface area contributed by atoms with Crippen LogP contribution in [-0.2, 0) is 14.3 Å². The van der Waals surface area contributed by atoms with E-state index >= 15 is 0 Å². The molecule has 0 fully saturated rings. The molecule has 1 aromatic carbocycles. The number of amides is 3. The molecule has 1 rings (SSSR count). The number of rotatable bonds is 5. The molecular weight excluding hydrogens is 276 g/mol. The second-order valence-electron chi connectivity index (χ2n) is 4.04. The van der Waals surface area contributed by atoms with Crippen molar-refractivity contribution < 1.29 is 23.9 Å². The highest BCUT2D eigenvalue weighted by atomic mass is 16.5. The summed E-state index contributed by atoms with van der Waals surface area (Å²) >= 11 is 0. The molecular formula is C14H16N2O5. The van der Waals surface area contributed by atoms with E-state index in [4.69, 9.17) is 15.2 Å². The van der Waals surface area contributed by atoms with E-state index < -0.39 is 24.0 Å². The van der Waals surface area contributed by atoms with Gasteiger partial charge in [0.25, 0.3) is 5.91 Å². The first-order valence-electron chi connectivity index (χ1n) is 6.05. The Balaban J connectivity index is 2.58. The van der Waals surface area contributed by atoms with Gasteiger partial charge >= 0.3 is 12.0 Å². The molecule has 0 saturated heterocycles. The maximum absolute atomic E-state index is 11.5. The minimum atomic E-state index is -1.13. The van der Waals surface area contributed by atoms with Gasteiger partial charge in [-0.2, -0.15) is 0 Å². The van der Waals surface area contributed by atoms with Crippen LogP contribution in [0.2, 0.25) is 0 Å². The summed E-state index contributed by atoms with van der Waals surface area (Å²) in [6, 6.07) is 6.04. The Kier molecular flexibility index (Phi) is 5.94. The lowest BCUT2D eigenvalue weighted by molar-refractivity contribution is -0.149. The first-order chi connectivity index (χ1) is 9.92. The number of urea groups is 1. The van der Waals surface area contributed by atoms with Crippen LogP contribution in [0.25, 0.3) is 6.08 Å². The maximum Gasteiger partial charge on any atom is 0.331 e. The topological polar surface area (TPSA) is 108 Å². The van der Waals surface area contributed by atoms with Crippen LogP contribution in [0.4, 0.5) is 4.79 Å². The number of methoxy groups -OCH3 is 1. The van der Waals surface area contributed by atoms with E-state index in [1.807, 2.05) is 5.32 Å². The Morgan fingerprint density at radius 1 is 1.33 bits per heavy atom. The molecule has 0 spiro atoms. The zero-order valence-electron chi connectivity index (χ0n) is 11.7. The van der Waals surface area contributed by atoms with E-state index in [1.165, 1.54) is 26.2 Å². The van der Waals surface area contributed by atoms with Gasteiger partial charge in [-0.15, -0.1) is 0 Å². The van der Waals surface area contributed by atoms with Crippen LogP contribution in [0.15, 0.2) is 30.3 Å². The fraction of sp³-hybridized carbons (Fsp3) is 0.214. The first-order valence-corrected chi connectivity index (χ1v) is 6.05. The van der Waals surface area contributed by atoms with Gasteiger partial charge in [-0.25, -0.2) is 9.59 Å². The van der Waals surface area contributed by atoms with Gasteiger partial charge in [-0.1, -0.05) is 12.1 Å². The van der Waals surface area contributed by atoms with Crippen molar-refractivity contribution in [2.75, 3.05) is 7.11 Å². The standard InChI is InChI=1S/C14H16N2O5/c1-9(13(18)16-14(15)19)21-12(17)7-6-10-4-3-5-11(8-10)20-2/h3-9H,1-2H3,(H3,15,16,18,19)/b7-6+/t9-/m0/s1. The van der Waals surface area contributed by atoms with Gasteiger partial charge < -0.3 is 15.2 Å². The molecule has 112 valence electrons. The molecule has 1 atom stereocenters. The number of nitrogens with two attached hydrogens (primary N) is 1. The van der Waals surface area contributed by atoms with E-state index in [0.29, 0.717) is 5.75 Å². The Bertz CT molecular complexity index is 568. The van der Waals surface area contributed by atoms with E-state index in [-0.39, 0.29) is 0 Å². The fourth-order valence-corrected chi connectivity index (χ4v) is 1.40. The Hall–Kier alpha value is -2.83. The molecule has 0 bridgehead atoms. The number of imide groups is 1. The third-order valence-electron chi connectivity index (χ3n) is 2.41. The van der Waals surface area contributed by atoms with Crippen LogP contribution in [-0.4, -0.2) is 31.1 Å². The van der Waals surface area contributed by atoms with Crippen molar-refractivity contribution in [2.45, 2.75) is 13.0 Å². The summed E-state index contributed by atoms with van der Waals surface area (Å²) in [5.74, 6) is -0.852. The van der Waals surface area contributed by atoms with Gasteiger partial charge in [0.2, 0.25) is 0 Å². The van der Waals surface area contributed by atoms with Gasteiger partial charge in [-0.3, -0.25) is 10.1 Å². The number of benzene rings is 1. The quantitative estimate of drug-likeness (QED) is 0.617. The molecule has 7 nitrogen and oxygen atoms in total. The highest BCUT2D eigenvalue weighted by molar-refractivity contribution is 5.97. The van der Waals surface area contributed by atoms with E-state index in [0.717, 1.165) is 5.56 Å². The molecule has 0 radical (unpaired) electrons. The zero-order valence-corrected chi connectivity index (χ0v) is 11.7. The molecule has 3 N–H and O–H groups in total. The van der Waals surface area contributed by atoms with Crippen LogP contribution < -0.4 is 15.8 Å². The first kappa shape index (κ1) is 16.2. The van der Waals surface area contributed by atoms with E-state index in [2.05, 4.69) is 0 Å². The van der Waals surface area contributed by atoms with Crippen LogP contribution in [0.3, 0.4) is 0 Å². The van der Waals surface area contributed by atoms with Crippen molar-refractivity contribution in [2.24, 2.45) is 5.73 Å². The summed E-state index contributed by atoms with van der Waals surface area (Å²) in [6.45, 7) is 1.33. The average Bonchev–Trinajstić information content (AvgIpc) is 2.44.